The van der Waals surface area contributed by atoms with Gasteiger partial charge >= 0.3 is 0 Å². The topological polar surface area (TPSA) is 108 Å². The molecule has 1 aromatic rings. The van der Waals surface area contributed by atoms with Crippen LogP contribution < -0.4 is 16.2 Å². The van der Waals surface area contributed by atoms with E-state index in [4.69, 9.17) is 17.4 Å². The van der Waals surface area contributed by atoms with Crippen LogP contribution in [0.4, 0.5) is 11.8 Å². The number of hydrazine groups is 1. The molecule has 2 unspecified atom stereocenters. The predicted molar refractivity (Wildman–Crippen MR) is 59.1 cm³/mol. The minimum absolute atomic E-state index is 0.232. The normalized spacial score (nSPS) is 24.9. The van der Waals surface area contributed by atoms with Gasteiger partial charge in [-0.25, -0.2) is 10.8 Å². The van der Waals surface area contributed by atoms with Crippen molar-refractivity contribution in [2.75, 3.05) is 23.4 Å². The Morgan fingerprint density at radius 1 is 1.44 bits per heavy atom. The van der Waals surface area contributed by atoms with Crippen LogP contribution in [0.2, 0.25) is 5.02 Å². The van der Waals surface area contributed by atoms with E-state index >= 15 is 0 Å². The number of nitrogens with zero attached hydrogens (tertiary/aromatic N) is 3. The molecule has 1 aliphatic rings. The third kappa shape index (κ3) is 2.03. The van der Waals surface area contributed by atoms with Gasteiger partial charge in [-0.15, -0.1) is 0 Å². The number of halogens is 1. The summed E-state index contributed by atoms with van der Waals surface area (Å²) in [5.41, 5.74) is 2.31. The molecular weight excluding hydrogens is 234 g/mol. The highest BCUT2D eigenvalue weighted by molar-refractivity contribution is 6.32. The molecule has 0 aliphatic carbocycles. The summed E-state index contributed by atoms with van der Waals surface area (Å²) < 4.78 is 0. The molecule has 1 fully saturated rings. The Labute approximate surface area is 96.8 Å². The van der Waals surface area contributed by atoms with Crippen LogP contribution in [-0.4, -0.2) is 45.5 Å². The van der Waals surface area contributed by atoms with Gasteiger partial charge in [0.15, 0.2) is 5.82 Å². The molecule has 16 heavy (non-hydrogen) atoms. The van der Waals surface area contributed by atoms with E-state index in [1.54, 1.807) is 4.90 Å². The van der Waals surface area contributed by atoms with Crippen molar-refractivity contribution >= 4 is 23.4 Å². The molecular formula is C8H12ClN5O2. The molecule has 7 nitrogen and oxygen atoms in total. The maximum atomic E-state index is 9.43. The number of hydrogen-bond acceptors (Lipinski definition) is 7. The Balaban J connectivity index is 2.26. The van der Waals surface area contributed by atoms with Crippen LogP contribution >= 0.6 is 11.6 Å². The highest BCUT2D eigenvalue weighted by Crippen LogP contribution is 2.26. The number of aromatic nitrogens is 2. The zero-order chi connectivity index (χ0) is 11.7. The quantitative estimate of drug-likeness (QED) is 0.389. The maximum Gasteiger partial charge on any atom is 0.239 e. The second-order valence-corrected chi connectivity index (χ2v) is 3.96. The summed E-state index contributed by atoms with van der Waals surface area (Å²) in [5.74, 6) is 5.86. The molecule has 1 aliphatic heterocycles. The molecule has 88 valence electrons. The van der Waals surface area contributed by atoms with Crippen LogP contribution in [0.1, 0.15) is 0 Å². The van der Waals surface area contributed by atoms with E-state index in [0.717, 1.165) is 0 Å². The number of rotatable bonds is 2. The van der Waals surface area contributed by atoms with Gasteiger partial charge in [-0.05, 0) is 0 Å². The molecule has 2 atom stereocenters. The van der Waals surface area contributed by atoms with E-state index in [1.165, 1.54) is 6.20 Å². The number of nitrogen functional groups attached to an aromatic ring is 1. The van der Waals surface area contributed by atoms with Crippen molar-refractivity contribution in [3.63, 3.8) is 0 Å². The third-order valence-corrected chi connectivity index (χ3v) is 2.68. The average Bonchev–Trinajstić information content (AvgIpc) is 2.60. The molecule has 2 heterocycles. The second kappa shape index (κ2) is 4.38. The fourth-order valence-corrected chi connectivity index (χ4v) is 1.80. The Morgan fingerprint density at radius 2 is 2.06 bits per heavy atom. The van der Waals surface area contributed by atoms with Crippen molar-refractivity contribution in [1.29, 1.82) is 0 Å². The van der Waals surface area contributed by atoms with E-state index in [1.807, 2.05) is 0 Å². The fourth-order valence-electron chi connectivity index (χ4n) is 1.59. The van der Waals surface area contributed by atoms with Crippen molar-refractivity contribution in [2.24, 2.45) is 5.84 Å². The lowest BCUT2D eigenvalue weighted by atomic mass is 10.3. The first-order chi connectivity index (χ1) is 7.61. The molecule has 0 saturated carbocycles. The molecule has 0 radical (unpaired) electrons. The molecule has 2 rings (SSSR count). The highest BCUT2D eigenvalue weighted by Gasteiger charge is 2.31. The summed E-state index contributed by atoms with van der Waals surface area (Å²) in [6.45, 7) is 0.559. The lowest BCUT2D eigenvalue weighted by Gasteiger charge is -2.17. The summed E-state index contributed by atoms with van der Waals surface area (Å²) in [4.78, 5) is 9.58. The number of nitrogens with one attached hydrogen (secondary N) is 1. The summed E-state index contributed by atoms with van der Waals surface area (Å²) >= 11 is 5.93. The first-order valence-electron chi connectivity index (χ1n) is 4.72. The van der Waals surface area contributed by atoms with E-state index in [0.29, 0.717) is 10.8 Å². The standard InChI is InChI=1S/C8H12ClN5O2/c9-4-1-11-8(13-10)12-7(4)14-2-5(15)6(16)3-14/h1,5-6,15-16H,2-3,10H2,(H,11,12,13). The number of aliphatic hydroxyl groups is 2. The number of aliphatic hydroxyl groups excluding tert-OH is 2. The first kappa shape index (κ1) is 11.3. The van der Waals surface area contributed by atoms with Crippen molar-refractivity contribution in [3.05, 3.63) is 11.2 Å². The molecule has 0 aromatic carbocycles. The predicted octanol–water partition coefficient (Wildman–Crippen LogP) is -1.04. The zero-order valence-electron chi connectivity index (χ0n) is 8.34. The van der Waals surface area contributed by atoms with Gasteiger partial charge in [-0.2, -0.15) is 4.98 Å². The van der Waals surface area contributed by atoms with Crippen molar-refractivity contribution in [2.45, 2.75) is 12.2 Å². The molecule has 8 heteroatoms. The highest BCUT2D eigenvalue weighted by atomic mass is 35.5. The summed E-state index contributed by atoms with van der Waals surface area (Å²) in [5, 5.41) is 19.2. The zero-order valence-corrected chi connectivity index (χ0v) is 9.09. The van der Waals surface area contributed by atoms with Crippen molar-refractivity contribution in [1.82, 2.24) is 9.97 Å². The van der Waals surface area contributed by atoms with E-state index in [-0.39, 0.29) is 19.0 Å². The van der Waals surface area contributed by atoms with E-state index in [2.05, 4.69) is 15.4 Å². The van der Waals surface area contributed by atoms with Gasteiger partial charge in [0.1, 0.15) is 5.02 Å². The lowest BCUT2D eigenvalue weighted by Crippen LogP contribution is -2.23. The maximum absolute atomic E-state index is 9.43. The van der Waals surface area contributed by atoms with E-state index < -0.39 is 12.2 Å². The van der Waals surface area contributed by atoms with Gasteiger partial charge in [0.05, 0.1) is 18.4 Å². The SMILES string of the molecule is NNc1ncc(Cl)c(N2CC(O)C(O)C2)n1. The van der Waals surface area contributed by atoms with Gasteiger partial charge in [0, 0.05) is 13.1 Å². The van der Waals surface area contributed by atoms with Gasteiger partial charge in [-0.3, -0.25) is 5.43 Å². The second-order valence-electron chi connectivity index (χ2n) is 3.55. The van der Waals surface area contributed by atoms with Gasteiger partial charge < -0.3 is 15.1 Å². The Morgan fingerprint density at radius 3 is 2.62 bits per heavy atom. The number of nitrogens with two attached hydrogens (primary N) is 1. The minimum atomic E-state index is -0.791. The molecule has 0 bridgehead atoms. The van der Waals surface area contributed by atoms with Crippen LogP contribution in [0.15, 0.2) is 6.20 Å². The summed E-state index contributed by atoms with van der Waals surface area (Å²) in [6.07, 6.45) is -0.170. The van der Waals surface area contributed by atoms with Gasteiger partial charge in [0.2, 0.25) is 5.95 Å². The number of hydrogen-bond donors (Lipinski definition) is 4. The molecule has 5 N–H and O–H groups in total. The smallest absolute Gasteiger partial charge is 0.239 e. The number of β-amino-alcohol motifs (C(OH)–C–C–N with tert-alkyl or cyclic N) is 2. The summed E-state index contributed by atoms with van der Waals surface area (Å²) in [6, 6.07) is 0. The van der Waals surface area contributed by atoms with Crippen LogP contribution in [0.3, 0.4) is 0 Å². The first-order valence-corrected chi connectivity index (χ1v) is 5.10. The van der Waals surface area contributed by atoms with Gasteiger partial charge in [-0.1, -0.05) is 11.6 Å². The van der Waals surface area contributed by atoms with Crippen LogP contribution in [0.25, 0.3) is 0 Å². The van der Waals surface area contributed by atoms with Gasteiger partial charge in [0.25, 0.3) is 0 Å². The Hall–Kier alpha value is -1.15. The Bertz CT molecular complexity index is 381. The van der Waals surface area contributed by atoms with Crippen LogP contribution in [0, 0.1) is 0 Å². The van der Waals surface area contributed by atoms with E-state index in [9.17, 15) is 10.2 Å². The van der Waals surface area contributed by atoms with Crippen LogP contribution in [-0.2, 0) is 0 Å². The van der Waals surface area contributed by atoms with Crippen molar-refractivity contribution < 1.29 is 10.2 Å². The number of anilines is 2. The molecule has 0 spiro atoms. The third-order valence-electron chi connectivity index (χ3n) is 2.41. The Kier molecular flexibility index (Phi) is 3.10. The van der Waals surface area contributed by atoms with Crippen molar-refractivity contribution in [3.8, 4) is 0 Å². The largest absolute Gasteiger partial charge is 0.389 e. The molecule has 0 amide bonds. The monoisotopic (exact) mass is 245 g/mol. The average molecular weight is 246 g/mol. The molecule has 1 aromatic heterocycles. The fraction of sp³-hybridized carbons (Fsp3) is 0.500. The lowest BCUT2D eigenvalue weighted by molar-refractivity contribution is 0.0572. The summed E-state index contributed by atoms with van der Waals surface area (Å²) in [7, 11) is 0. The molecule has 1 saturated heterocycles. The van der Waals surface area contributed by atoms with Crippen LogP contribution in [0.5, 0.6) is 0 Å². The minimum Gasteiger partial charge on any atom is -0.389 e.